The third-order valence-corrected chi connectivity index (χ3v) is 2.54. The fourth-order valence-corrected chi connectivity index (χ4v) is 2.12. The molecule has 0 aromatic carbocycles. The van der Waals surface area contributed by atoms with Crippen molar-refractivity contribution >= 4 is 11.6 Å². The predicted molar refractivity (Wildman–Crippen MR) is 46.9 cm³/mol. The van der Waals surface area contributed by atoms with Gasteiger partial charge >= 0.3 is 0 Å². The van der Waals surface area contributed by atoms with E-state index in [4.69, 9.17) is 0 Å². The summed E-state index contributed by atoms with van der Waals surface area (Å²) in [5.41, 5.74) is -0.0266. The molecule has 0 aromatic heterocycles. The molecule has 0 heterocycles. The van der Waals surface area contributed by atoms with Crippen LogP contribution in [-0.4, -0.2) is 11.6 Å². The lowest BCUT2D eigenvalue weighted by atomic mass is 9.72. The van der Waals surface area contributed by atoms with Gasteiger partial charge in [0.2, 0.25) is 0 Å². The van der Waals surface area contributed by atoms with E-state index in [1.54, 1.807) is 6.92 Å². The van der Waals surface area contributed by atoms with Gasteiger partial charge in [0.1, 0.15) is 11.6 Å². The van der Waals surface area contributed by atoms with Crippen LogP contribution in [0, 0.1) is 5.41 Å². The summed E-state index contributed by atoms with van der Waals surface area (Å²) in [6, 6.07) is 0. The van der Waals surface area contributed by atoms with Crippen LogP contribution >= 0.6 is 0 Å². The summed E-state index contributed by atoms with van der Waals surface area (Å²) in [4.78, 5) is 22.1. The lowest BCUT2D eigenvalue weighted by molar-refractivity contribution is -0.125. The van der Waals surface area contributed by atoms with Crippen molar-refractivity contribution in [2.45, 2.75) is 46.0 Å². The quantitative estimate of drug-likeness (QED) is 0.633. The minimum Gasteiger partial charge on any atom is -0.300 e. The smallest absolute Gasteiger partial charge is 0.133 e. The first-order chi connectivity index (χ1) is 5.52. The van der Waals surface area contributed by atoms with Crippen molar-refractivity contribution < 1.29 is 9.59 Å². The van der Waals surface area contributed by atoms with E-state index < -0.39 is 0 Å². The summed E-state index contributed by atoms with van der Waals surface area (Å²) in [7, 11) is 0. The van der Waals surface area contributed by atoms with E-state index in [-0.39, 0.29) is 11.2 Å². The Morgan fingerprint density at radius 1 is 1.58 bits per heavy atom. The van der Waals surface area contributed by atoms with Gasteiger partial charge in [-0.2, -0.15) is 0 Å². The van der Waals surface area contributed by atoms with Crippen molar-refractivity contribution in [2.75, 3.05) is 0 Å². The van der Waals surface area contributed by atoms with Crippen LogP contribution in [0.25, 0.3) is 0 Å². The second-order valence-electron chi connectivity index (χ2n) is 4.26. The topological polar surface area (TPSA) is 34.1 Å². The highest BCUT2D eigenvalue weighted by Crippen LogP contribution is 2.37. The first kappa shape index (κ1) is 9.43. The highest BCUT2D eigenvalue weighted by Gasteiger charge is 2.31. The van der Waals surface area contributed by atoms with Gasteiger partial charge in [-0.05, 0) is 25.2 Å². The van der Waals surface area contributed by atoms with E-state index in [0.29, 0.717) is 25.0 Å². The van der Waals surface area contributed by atoms with E-state index >= 15 is 0 Å². The fraction of sp³-hybridized carbons (Fsp3) is 0.800. The van der Waals surface area contributed by atoms with Crippen LogP contribution in [0.4, 0.5) is 0 Å². The van der Waals surface area contributed by atoms with Crippen LogP contribution < -0.4 is 0 Å². The highest BCUT2D eigenvalue weighted by molar-refractivity contribution is 5.82. The Hall–Kier alpha value is -0.660. The van der Waals surface area contributed by atoms with Crippen molar-refractivity contribution in [2.24, 2.45) is 5.41 Å². The zero-order valence-corrected chi connectivity index (χ0v) is 7.85. The first-order valence-electron chi connectivity index (χ1n) is 4.53. The van der Waals surface area contributed by atoms with Crippen molar-refractivity contribution in [3.8, 4) is 0 Å². The lowest BCUT2D eigenvalue weighted by Gasteiger charge is -2.31. The normalized spacial score (nSPS) is 30.3. The average Bonchev–Trinajstić information content (AvgIpc) is 1.82. The molecule has 1 aliphatic rings. The van der Waals surface area contributed by atoms with Gasteiger partial charge in [0.05, 0.1) is 0 Å². The van der Waals surface area contributed by atoms with Crippen molar-refractivity contribution in [3.05, 3.63) is 0 Å². The third-order valence-electron chi connectivity index (χ3n) is 2.54. The number of carbonyl (C=O) groups excluding carboxylic acids is 2. The Labute approximate surface area is 73.3 Å². The maximum absolute atomic E-state index is 11.1. The Morgan fingerprint density at radius 3 is 2.75 bits per heavy atom. The summed E-state index contributed by atoms with van der Waals surface area (Å²) < 4.78 is 0. The van der Waals surface area contributed by atoms with Crippen LogP contribution in [0.3, 0.4) is 0 Å². The van der Waals surface area contributed by atoms with Crippen LogP contribution in [0.15, 0.2) is 0 Å². The maximum atomic E-state index is 11.1. The number of rotatable bonds is 2. The van der Waals surface area contributed by atoms with Gasteiger partial charge in [0, 0.05) is 19.3 Å². The molecule has 0 spiro atoms. The Balaban J connectivity index is 2.57. The molecule has 0 unspecified atom stereocenters. The second kappa shape index (κ2) is 3.38. The van der Waals surface area contributed by atoms with E-state index in [9.17, 15) is 9.59 Å². The van der Waals surface area contributed by atoms with Crippen LogP contribution in [0.1, 0.15) is 46.0 Å². The summed E-state index contributed by atoms with van der Waals surface area (Å²) in [5, 5.41) is 0. The number of hydrogen-bond acceptors (Lipinski definition) is 2. The maximum Gasteiger partial charge on any atom is 0.133 e. The summed E-state index contributed by atoms with van der Waals surface area (Å²) in [6.45, 7) is 3.65. The van der Waals surface area contributed by atoms with Crippen LogP contribution in [-0.2, 0) is 9.59 Å². The molecular weight excluding hydrogens is 152 g/mol. The van der Waals surface area contributed by atoms with Crippen molar-refractivity contribution in [1.82, 2.24) is 0 Å². The zero-order valence-electron chi connectivity index (χ0n) is 7.85. The van der Waals surface area contributed by atoms with Gasteiger partial charge in [0.15, 0.2) is 0 Å². The van der Waals surface area contributed by atoms with E-state index in [0.717, 1.165) is 12.8 Å². The molecule has 0 aromatic rings. The van der Waals surface area contributed by atoms with Crippen LogP contribution in [0.2, 0.25) is 0 Å². The molecule has 0 saturated heterocycles. The number of carbonyl (C=O) groups is 2. The van der Waals surface area contributed by atoms with Gasteiger partial charge in [0.25, 0.3) is 0 Å². The molecule has 2 nitrogen and oxygen atoms in total. The monoisotopic (exact) mass is 168 g/mol. The van der Waals surface area contributed by atoms with Crippen molar-refractivity contribution in [1.29, 1.82) is 0 Å². The Morgan fingerprint density at radius 2 is 2.25 bits per heavy atom. The third kappa shape index (κ3) is 2.43. The van der Waals surface area contributed by atoms with Gasteiger partial charge < -0.3 is 4.79 Å². The van der Waals surface area contributed by atoms with Gasteiger partial charge in [-0.25, -0.2) is 0 Å². The molecule has 0 bridgehead atoms. The van der Waals surface area contributed by atoms with E-state index in [1.165, 1.54) is 0 Å². The van der Waals surface area contributed by atoms with E-state index in [1.807, 2.05) is 6.92 Å². The van der Waals surface area contributed by atoms with Crippen molar-refractivity contribution in [3.63, 3.8) is 0 Å². The van der Waals surface area contributed by atoms with Gasteiger partial charge in [-0.15, -0.1) is 0 Å². The minimum absolute atomic E-state index is 0.0266. The Bertz CT molecular complexity index is 204. The molecule has 12 heavy (non-hydrogen) atoms. The lowest BCUT2D eigenvalue weighted by Crippen LogP contribution is -2.27. The molecule has 1 rings (SSSR count). The molecule has 2 heteroatoms. The first-order valence-corrected chi connectivity index (χ1v) is 4.53. The molecule has 1 aliphatic carbocycles. The molecule has 0 N–H and O–H groups in total. The largest absolute Gasteiger partial charge is 0.300 e. The molecule has 1 saturated carbocycles. The molecule has 68 valence electrons. The van der Waals surface area contributed by atoms with Gasteiger partial charge in [-0.3, -0.25) is 4.79 Å². The number of Topliss-reactive ketones (excluding diaryl/α,β-unsaturated/α-hetero) is 2. The van der Waals surface area contributed by atoms with Crippen LogP contribution in [0.5, 0.6) is 0 Å². The summed E-state index contributed by atoms with van der Waals surface area (Å²) in [6.07, 6.45) is 3.87. The SMILES string of the molecule is CC(=O)C[C@@]1(C)CCCC(=O)C1. The molecule has 0 radical (unpaired) electrons. The minimum atomic E-state index is -0.0266. The Kier molecular flexibility index (Phi) is 2.65. The summed E-state index contributed by atoms with van der Waals surface area (Å²) in [5.74, 6) is 0.525. The molecule has 0 amide bonds. The van der Waals surface area contributed by atoms with Gasteiger partial charge in [-0.1, -0.05) is 6.92 Å². The summed E-state index contributed by atoms with van der Waals surface area (Å²) >= 11 is 0. The predicted octanol–water partition coefficient (Wildman–Crippen LogP) is 2.11. The molecule has 1 atom stereocenters. The highest BCUT2D eigenvalue weighted by atomic mass is 16.1. The molecular formula is C10H16O2. The standard InChI is InChI=1S/C10H16O2/c1-8(11)6-10(2)5-3-4-9(12)7-10/h3-7H2,1-2H3/t10-/m1/s1. The fourth-order valence-electron chi connectivity index (χ4n) is 2.12. The van der Waals surface area contributed by atoms with E-state index in [2.05, 4.69) is 0 Å². The second-order valence-corrected chi connectivity index (χ2v) is 4.26. The number of ketones is 2. The average molecular weight is 168 g/mol. The molecule has 1 fully saturated rings. The molecule has 0 aliphatic heterocycles. The zero-order chi connectivity index (χ0) is 9.19. The number of hydrogen-bond donors (Lipinski definition) is 0.